The first kappa shape index (κ1) is 23.1. The summed E-state index contributed by atoms with van der Waals surface area (Å²) in [5, 5.41) is 2.91. The molecule has 3 nitrogen and oxygen atoms in total. The van der Waals surface area contributed by atoms with Crippen LogP contribution < -0.4 is 5.32 Å². The van der Waals surface area contributed by atoms with E-state index < -0.39 is 29.8 Å². The second-order valence-corrected chi connectivity index (χ2v) is 7.57. The van der Waals surface area contributed by atoms with Crippen molar-refractivity contribution in [3.05, 3.63) is 59.2 Å². The first-order valence-electron chi connectivity index (χ1n) is 9.66. The number of hydrogen-bond donors (Lipinski definition) is 1. The van der Waals surface area contributed by atoms with Crippen LogP contribution in [0, 0.1) is 5.92 Å². The van der Waals surface area contributed by atoms with Gasteiger partial charge in [0.25, 0.3) is 0 Å². The number of benzene rings is 2. The van der Waals surface area contributed by atoms with Crippen LogP contribution in [-0.2, 0) is 22.1 Å². The lowest BCUT2D eigenvalue weighted by atomic mass is 9.88. The van der Waals surface area contributed by atoms with Gasteiger partial charge in [-0.25, -0.2) is 0 Å². The van der Waals surface area contributed by atoms with Crippen LogP contribution >= 0.6 is 0 Å². The maximum absolute atomic E-state index is 12.9. The molecule has 31 heavy (non-hydrogen) atoms. The third-order valence-corrected chi connectivity index (χ3v) is 5.42. The van der Waals surface area contributed by atoms with Crippen LogP contribution in [0.3, 0.4) is 0 Å². The summed E-state index contributed by atoms with van der Waals surface area (Å²) in [6.07, 6.45) is -8.57. The number of hydrogen-bond acceptors (Lipinski definition) is 3. The SMILES string of the molecule is COC(=O)Cc1cc(-c2ccc(C(F)(F)F)cc2)cc(C2CCC(C(F)(F)F)CN2)c1. The Kier molecular flexibility index (Phi) is 6.64. The molecule has 0 bridgehead atoms. The van der Waals surface area contributed by atoms with E-state index in [1.54, 1.807) is 18.2 Å². The molecule has 9 heteroatoms. The molecule has 0 aromatic heterocycles. The summed E-state index contributed by atoms with van der Waals surface area (Å²) in [5.74, 6) is -1.92. The van der Waals surface area contributed by atoms with E-state index in [1.165, 1.54) is 19.2 Å². The highest BCUT2D eigenvalue weighted by molar-refractivity contribution is 5.74. The van der Waals surface area contributed by atoms with Crippen LogP contribution in [-0.4, -0.2) is 25.8 Å². The summed E-state index contributed by atoms with van der Waals surface area (Å²) in [6.45, 7) is -0.217. The van der Waals surface area contributed by atoms with Crippen LogP contribution in [0.15, 0.2) is 42.5 Å². The Morgan fingerprint density at radius 1 is 1.00 bits per heavy atom. The van der Waals surface area contributed by atoms with E-state index in [0.717, 1.165) is 12.1 Å². The zero-order chi connectivity index (χ0) is 22.8. The molecule has 1 aliphatic heterocycles. The molecule has 1 heterocycles. The summed E-state index contributed by atoms with van der Waals surface area (Å²) in [4.78, 5) is 11.7. The number of carbonyl (C=O) groups excluding carboxylic acids is 1. The monoisotopic (exact) mass is 445 g/mol. The van der Waals surface area contributed by atoms with E-state index in [-0.39, 0.29) is 31.8 Å². The molecule has 3 rings (SSSR count). The largest absolute Gasteiger partial charge is 0.469 e. The van der Waals surface area contributed by atoms with Crippen molar-refractivity contribution in [2.24, 2.45) is 5.92 Å². The minimum absolute atomic E-state index is 0.0298. The molecule has 1 saturated heterocycles. The summed E-state index contributed by atoms with van der Waals surface area (Å²) in [5.41, 5.74) is 1.54. The van der Waals surface area contributed by atoms with Crippen molar-refractivity contribution < 1.29 is 35.9 Å². The molecule has 0 saturated carbocycles. The van der Waals surface area contributed by atoms with E-state index in [0.29, 0.717) is 22.3 Å². The third kappa shape index (κ3) is 5.78. The van der Waals surface area contributed by atoms with Crippen molar-refractivity contribution in [3.63, 3.8) is 0 Å². The number of carbonyl (C=O) groups is 1. The Morgan fingerprint density at radius 3 is 2.19 bits per heavy atom. The zero-order valence-electron chi connectivity index (χ0n) is 16.6. The fourth-order valence-corrected chi connectivity index (χ4v) is 3.70. The maximum atomic E-state index is 12.9. The lowest BCUT2D eigenvalue weighted by Crippen LogP contribution is -2.40. The van der Waals surface area contributed by atoms with E-state index in [2.05, 4.69) is 10.1 Å². The van der Waals surface area contributed by atoms with Gasteiger partial charge < -0.3 is 10.1 Å². The Morgan fingerprint density at radius 2 is 1.68 bits per heavy atom. The van der Waals surface area contributed by atoms with Crippen molar-refractivity contribution in [3.8, 4) is 11.1 Å². The maximum Gasteiger partial charge on any atom is 0.416 e. The second-order valence-electron chi connectivity index (χ2n) is 7.57. The molecule has 1 aliphatic rings. The van der Waals surface area contributed by atoms with Gasteiger partial charge in [-0.15, -0.1) is 0 Å². The fraction of sp³-hybridized carbons (Fsp3) is 0.409. The smallest absolute Gasteiger partial charge is 0.416 e. The fourth-order valence-electron chi connectivity index (χ4n) is 3.70. The number of methoxy groups -OCH3 is 1. The molecular formula is C22H21F6NO2. The number of alkyl halides is 6. The molecule has 0 radical (unpaired) electrons. The van der Waals surface area contributed by atoms with Crippen LogP contribution in [0.2, 0.25) is 0 Å². The number of ether oxygens (including phenoxy) is 1. The van der Waals surface area contributed by atoms with Crippen molar-refractivity contribution in [2.45, 2.75) is 37.7 Å². The van der Waals surface area contributed by atoms with Gasteiger partial charge in [0.1, 0.15) is 0 Å². The molecule has 2 aromatic carbocycles. The van der Waals surface area contributed by atoms with Gasteiger partial charge in [0, 0.05) is 12.6 Å². The standard InChI is InChI=1S/C22H21F6NO2/c1-31-20(30)10-13-8-15(14-2-4-17(5-3-14)21(23,24)25)11-16(9-13)19-7-6-18(12-29-19)22(26,27)28/h2-5,8-9,11,18-19,29H,6-7,10,12H2,1H3. The molecule has 2 atom stereocenters. The number of nitrogens with one attached hydrogen (secondary N) is 1. The quantitative estimate of drug-likeness (QED) is 0.485. The molecule has 1 N–H and O–H groups in total. The van der Waals surface area contributed by atoms with Crippen LogP contribution in [0.5, 0.6) is 0 Å². The predicted octanol–water partition coefficient (Wildman–Crippen LogP) is 5.69. The highest BCUT2D eigenvalue weighted by Gasteiger charge is 2.41. The minimum atomic E-state index is -4.46. The average Bonchev–Trinajstić information content (AvgIpc) is 2.72. The van der Waals surface area contributed by atoms with Crippen LogP contribution in [0.4, 0.5) is 26.3 Å². The topological polar surface area (TPSA) is 38.3 Å². The van der Waals surface area contributed by atoms with Gasteiger partial charge in [-0.1, -0.05) is 24.3 Å². The van der Waals surface area contributed by atoms with Gasteiger partial charge in [0.15, 0.2) is 0 Å². The Bertz CT molecular complexity index is 913. The van der Waals surface area contributed by atoms with E-state index in [1.807, 2.05) is 0 Å². The summed E-state index contributed by atoms with van der Waals surface area (Å²) >= 11 is 0. The van der Waals surface area contributed by atoms with Crippen molar-refractivity contribution in [1.29, 1.82) is 0 Å². The van der Waals surface area contributed by atoms with Gasteiger partial charge in [0.05, 0.1) is 25.0 Å². The first-order valence-corrected chi connectivity index (χ1v) is 9.66. The van der Waals surface area contributed by atoms with Gasteiger partial charge in [-0.05, 0) is 53.3 Å². The molecular weight excluding hydrogens is 424 g/mol. The highest BCUT2D eigenvalue weighted by atomic mass is 19.4. The number of rotatable bonds is 4. The average molecular weight is 445 g/mol. The number of piperidine rings is 1. The van der Waals surface area contributed by atoms with Crippen molar-refractivity contribution in [2.75, 3.05) is 13.7 Å². The lowest BCUT2D eigenvalue weighted by molar-refractivity contribution is -0.179. The summed E-state index contributed by atoms with van der Waals surface area (Å²) < 4.78 is 82.1. The van der Waals surface area contributed by atoms with Gasteiger partial charge >= 0.3 is 18.3 Å². The normalized spacial score (nSPS) is 19.8. The Labute approximate surface area is 175 Å². The van der Waals surface area contributed by atoms with Gasteiger partial charge in [0.2, 0.25) is 0 Å². The second kappa shape index (κ2) is 8.90. The van der Waals surface area contributed by atoms with E-state index in [4.69, 9.17) is 0 Å². The Balaban J connectivity index is 1.91. The number of esters is 1. The molecule has 0 amide bonds. The van der Waals surface area contributed by atoms with Crippen molar-refractivity contribution in [1.82, 2.24) is 5.32 Å². The summed E-state index contributed by atoms with van der Waals surface area (Å²) in [7, 11) is 1.24. The van der Waals surface area contributed by atoms with E-state index >= 15 is 0 Å². The van der Waals surface area contributed by atoms with Gasteiger partial charge in [-0.3, -0.25) is 4.79 Å². The summed E-state index contributed by atoms with van der Waals surface area (Å²) in [6, 6.07) is 9.36. The van der Waals surface area contributed by atoms with Gasteiger partial charge in [-0.2, -0.15) is 26.3 Å². The zero-order valence-corrected chi connectivity index (χ0v) is 16.6. The highest BCUT2D eigenvalue weighted by Crippen LogP contribution is 2.37. The molecule has 2 unspecified atom stereocenters. The molecule has 0 spiro atoms. The van der Waals surface area contributed by atoms with Crippen molar-refractivity contribution >= 4 is 5.97 Å². The molecule has 0 aliphatic carbocycles. The van der Waals surface area contributed by atoms with E-state index in [9.17, 15) is 31.1 Å². The van der Waals surface area contributed by atoms with Crippen LogP contribution in [0.25, 0.3) is 11.1 Å². The predicted molar refractivity (Wildman–Crippen MR) is 102 cm³/mol. The molecule has 2 aromatic rings. The Hall–Kier alpha value is -2.55. The lowest BCUT2D eigenvalue weighted by Gasteiger charge is -2.31. The first-order chi connectivity index (χ1) is 14.5. The number of halogens is 6. The molecule has 168 valence electrons. The minimum Gasteiger partial charge on any atom is -0.469 e. The molecule has 1 fully saturated rings. The van der Waals surface area contributed by atoms with Crippen LogP contribution in [0.1, 0.15) is 35.6 Å². The third-order valence-electron chi connectivity index (χ3n) is 5.42.